The lowest BCUT2D eigenvalue weighted by Crippen LogP contribution is -2.42. The summed E-state index contributed by atoms with van der Waals surface area (Å²) in [6, 6.07) is 186. The first-order chi connectivity index (χ1) is 71.3. The molecule has 22 aromatic carbocycles. The Balaban J connectivity index is 0.734. The molecule has 668 valence electrons. The van der Waals surface area contributed by atoms with Crippen LogP contribution in [-0.2, 0) is 5.41 Å². The summed E-state index contributed by atoms with van der Waals surface area (Å²) in [5.41, 5.74) is 35.5. The first kappa shape index (κ1) is 82.7. The van der Waals surface area contributed by atoms with Crippen molar-refractivity contribution in [1.29, 1.82) is 10.5 Å². The van der Waals surface area contributed by atoms with E-state index in [4.69, 9.17) is 0 Å². The monoisotopic (exact) mass is 1830 g/mol. The average molecular weight is 1830 g/mol. The Morgan fingerprint density at radius 1 is 0.181 bits per heavy atom. The zero-order chi connectivity index (χ0) is 95.4. The van der Waals surface area contributed by atoms with Gasteiger partial charge in [0.1, 0.15) is 23.3 Å². The quantitative estimate of drug-likeness (QED) is 0.109. The van der Waals surface area contributed by atoms with Gasteiger partial charge in [-0.2, -0.15) is 10.5 Å². The fourth-order valence-corrected chi connectivity index (χ4v) is 23.8. The van der Waals surface area contributed by atoms with Crippen LogP contribution in [0.3, 0.4) is 0 Å². The molecule has 0 saturated heterocycles. The minimum Gasteiger partial charge on any atom is -0.310 e. The first-order valence-electron chi connectivity index (χ1n) is 49.0. The van der Waals surface area contributed by atoms with E-state index in [-0.39, 0.29) is 5.78 Å². The van der Waals surface area contributed by atoms with Crippen LogP contribution in [0.5, 0.6) is 0 Å². The van der Waals surface area contributed by atoms with Crippen molar-refractivity contribution >= 4 is 110 Å². The number of ketones is 1. The number of para-hydroxylation sites is 3. The van der Waals surface area contributed by atoms with E-state index in [1.807, 2.05) is 12.1 Å². The summed E-state index contributed by atoms with van der Waals surface area (Å²) in [4.78, 5) is 18.1. The van der Waals surface area contributed by atoms with E-state index in [1.54, 1.807) is 0 Å². The van der Waals surface area contributed by atoms with Gasteiger partial charge in [-0.15, -0.1) is 0 Å². The number of rotatable bonds is 14. The third-order valence-electron chi connectivity index (χ3n) is 30.2. The van der Waals surface area contributed by atoms with E-state index in [2.05, 4.69) is 527 Å². The highest BCUT2D eigenvalue weighted by molar-refractivity contribution is 6.20. The smallest absolute Gasteiger partial charge is 0.193 e. The van der Waals surface area contributed by atoms with E-state index >= 15 is 4.79 Å². The van der Waals surface area contributed by atoms with E-state index in [9.17, 15) is 10.5 Å². The molecule has 1 aliphatic carbocycles. The van der Waals surface area contributed by atoms with Crippen LogP contribution in [0.4, 0.5) is 17.1 Å². The highest BCUT2D eigenvalue weighted by Gasteiger charge is 2.52. The predicted octanol–water partition coefficient (Wildman–Crippen LogP) is 34.5. The number of carbonyl (C=O) groups is 1. The lowest BCUT2D eigenvalue weighted by Gasteiger charge is -2.48. The molecule has 4 aromatic heterocycles. The SMILES string of the molecule is N#Cc1c(-n2c3ccc(-c4ccccc4)cc3c3cc(-c4ccccc4)ccc32)c(-n2c3ccc(-c4ccccc4)cc3c3cc(-c4ccccc4)ccc32)c(C#N)c(-n2c3ccc(-c4ccccc4)cc3c3cc(-c4ccc(-c5ccc6c(c5)C(=O)c5ccccc5C65c6ccccc6N(c6ccccc6)c6ccccc65)cc4)ccc32)c1-n1c2ccc(-c3ccccc3)cc2c2cc(-c3ccccc3)ccc21. The molecule has 0 unspecified atom stereocenters. The van der Waals surface area contributed by atoms with Crippen molar-refractivity contribution in [2.45, 2.75) is 5.41 Å². The summed E-state index contributed by atoms with van der Waals surface area (Å²) in [6.45, 7) is 0. The molecule has 144 heavy (non-hydrogen) atoms. The van der Waals surface area contributed by atoms with Gasteiger partial charge in [0.2, 0.25) is 0 Å². The number of fused-ring (bicyclic) bond motifs is 20. The van der Waals surface area contributed by atoms with Crippen LogP contribution in [0.1, 0.15) is 49.3 Å². The highest BCUT2D eigenvalue weighted by Crippen LogP contribution is 2.62. The summed E-state index contributed by atoms with van der Waals surface area (Å²) in [5.74, 6) is -0.0105. The zero-order valence-electron chi connectivity index (χ0n) is 78.0. The highest BCUT2D eigenvalue weighted by atomic mass is 16.1. The largest absolute Gasteiger partial charge is 0.310 e. The Labute approximate surface area is 831 Å². The maximum absolute atomic E-state index is 15.7. The van der Waals surface area contributed by atoms with Gasteiger partial charge in [0.05, 0.1) is 83.7 Å². The second kappa shape index (κ2) is 33.1. The summed E-state index contributed by atoms with van der Waals surface area (Å²) in [6.07, 6.45) is 0. The van der Waals surface area contributed by atoms with E-state index in [1.165, 1.54) is 0 Å². The molecule has 0 fully saturated rings. The van der Waals surface area contributed by atoms with Crippen molar-refractivity contribution in [2.75, 3.05) is 4.90 Å². The minimum absolute atomic E-state index is 0.0105. The van der Waals surface area contributed by atoms with Gasteiger partial charge in [-0.25, -0.2) is 0 Å². The standard InChI is InChI=1S/C136H83N7O/c137-84-115-131(140-121-67-58-96(86-31-9-1-10-32-86)75-106(121)107-76-97(59-68-122(107)140)87-33-11-2-12-34-87)132(141-123-69-60-98(88-35-13-3-14-36-88)77-108(123)109-78-99(61-70-124(109)141)89-37-15-4-16-38-89)116(85-138)134(133(115)142-125-71-62-100(90-39-17-5-18-40-90)79-110(125)111-80-101(63-72-126(111)142)91-41-19-6-20-42-91)143-127-73-64-102(92-43-21-7-22-44-92)81-112(127)113-82-103(65-74-128(113)143)94-55-53-93(54-56-94)95-57-66-118-114(83-95)135(144)105-47-25-26-48-117(105)136(118)119-49-27-29-51-129(119)139(104-45-23-8-24-46-104)130-52-30-28-50-120(130)136/h1-83H. The topological polar surface area (TPSA) is 87.6 Å². The Morgan fingerprint density at radius 2 is 0.382 bits per heavy atom. The molecule has 1 spiro atoms. The van der Waals surface area contributed by atoms with Gasteiger partial charge in [0.15, 0.2) is 5.78 Å². The number of aromatic nitrogens is 4. The molecule has 1 aliphatic heterocycles. The minimum atomic E-state index is -0.846. The molecular weight excluding hydrogens is 1750 g/mol. The maximum Gasteiger partial charge on any atom is 0.193 e. The molecule has 0 atom stereocenters. The lowest BCUT2D eigenvalue weighted by atomic mass is 9.57. The van der Waals surface area contributed by atoms with Crippen molar-refractivity contribution in [3.05, 3.63) is 548 Å². The summed E-state index contributed by atoms with van der Waals surface area (Å²) >= 11 is 0. The van der Waals surface area contributed by atoms with Crippen LogP contribution in [0.15, 0.2) is 504 Å². The molecular formula is C136H83N7O. The van der Waals surface area contributed by atoms with Crippen molar-refractivity contribution in [2.24, 2.45) is 0 Å². The van der Waals surface area contributed by atoms with Gasteiger partial charge in [0.25, 0.3) is 0 Å². The molecule has 8 nitrogen and oxygen atoms in total. The molecule has 0 N–H and O–H groups in total. The van der Waals surface area contributed by atoms with Gasteiger partial charge < -0.3 is 23.2 Å². The van der Waals surface area contributed by atoms with Crippen molar-refractivity contribution < 1.29 is 4.79 Å². The van der Waals surface area contributed by atoms with E-state index < -0.39 is 5.41 Å². The zero-order valence-corrected chi connectivity index (χ0v) is 78.0. The van der Waals surface area contributed by atoms with Crippen molar-refractivity contribution in [3.63, 3.8) is 0 Å². The van der Waals surface area contributed by atoms with Crippen molar-refractivity contribution in [3.8, 4) is 135 Å². The number of hydrogen-bond acceptors (Lipinski definition) is 4. The van der Waals surface area contributed by atoms with Crippen LogP contribution in [0.25, 0.3) is 210 Å². The van der Waals surface area contributed by atoms with Gasteiger partial charge in [-0.3, -0.25) is 4.79 Å². The molecule has 28 rings (SSSR count). The second-order valence-electron chi connectivity index (χ2n) is 37.8. The molecule has 0 saturated carbocycles. The summed E-state index contributed by atoms with van der Waals surface area (Å²) in [5, 5.41) is 35.7. The Kier molecular flexibility index (Phi) is 19.0. The number of hydrogen-bond donors (Lipinski definition) is 0. The Hall–Kier alpha value is -19.5. The average Bonchev–Trinajstić information content (AvgIpc) is 1.49. The van der Waals surface area contributed by atoms with Gasteiger partial charge >= 0.3 is 0 Å². The molecule has 0 amide bonds. The molecule has 5 heterocycles. The van der Waals surface area contributed by atoms with Crippen molar-refractivity contribution in [1.82, 2.24) is 18.3 Å². The molecule has 0 radical (unpaired) electrons. The molecule has 26 aromatic rings. The summed E-state index contributed by atoms with van der Waals surface area (Å²) in [7, 11) is 0. The number of nitrogens with zero attached hydrogens (tertiary/aromatic N) is 7. The van der Waals surface area contributed by atoms with Crippen LogP contribution in [-0.4, -0.2) is 24.1 Å². The normalized spacial score (nSPS) is 12.5. The Morgan fingerprint density at radius 3 is 0.646 bits per heavy atom. The van der Waals surface area contributed by atoms with Gasteiger partial charge in [-0.1, -0.05) is 376 Å². The molecule has 0 bridgehead atoms. The lowest BCUT2D eigenvalue weighted by molar-refractivity contribution is 0.103. The van der Waals surface area contributed by atoms with E-state index in [0.717, 1.165) is 227 Å². The van der Waals surface area contributed by atoms with Crippen LogP contribution < -0.4 is 4.90 Å². The number of benzene rings is 22. The number of anilines is 3. The summed E-state index contributed by atoms with van der Waals surface area (Å²) < 4.78 is 9.29. The fourth-order valence-electron chi connectivity index (χ4n) is 23.8. The maximum atomic E-state index is 15.7. The first-order valence-corrected chi connectivity index (χ1v) is 49.0. The number of carbonyl (C=O) groups excluding carboxylic acids is 1. The van der Waals surface area contributed by atoms with Crippen LogP contribution >= 0.6 is 0 Å². The fraction of sp³-hybridized carbons (Fsp3) is 0.00735. The van der Waals surface area contributed by atoms with Crippen LogP contribution in [0, 0.1) is 22.7 Å². The van der Waals surface area contributed by atoms with Gasteiger partial charge in [0, 0.05) is 59.9 Å². The van der Waals surface area contributed by atoms with Crippen LogP contribution in [0.2, 0.25) is 0 Å². The predicted molar refractivity (Wildman–Crippen MR) is 592 cm³/mol. The van der Waals surface area contributed by atoms with Gasteiger partial charge in [-0.05, 0) is 250 Å². The van der Waals surface area contributed by atoms with E-state index in [0.29, 0.717) is 45.0 Å². The number of nitriles is 2. The third-order valence-corrected chi connectivity index (χ3v) is 30.2. The third kappa shape index (κ3) is 12.8. The molecule has 8 heteroatoms. The second-order valence-corrected chi connectivity index (χ2v) is 37.8. The Bertz CT molecular complexity index is 9020. The molecule has 2 aliphatic rings.